The molecule has 0 radical (unpaired) electrons. The highest BCUT2D eigenvalue weighted by atomic mass is 15.3. The van der Waals surface area contributed by atoms with E-state index in [-0.39, 0.29) is 0 Å². The van der Waals surface area contributed by atoms with Crippen molar-refractivity contribution in [2.75, 3.05) is 20.6 Å². The summed E-state index contributed by atoms with van der Waals surface area (Å²) in [4.78, 5) is 0. The number of amidine groups is 1. The molecule has 0 saturated heterocycles. The lowest BCUT2D eigenvalue weighted by molar-refractivity contribution is -0.679. The number of nitrogens with zero attached hydrogens (tertiary/aromatic N) is 4. The fourth-order valence-corrected chi connectivity index (χ4v) is 1.92. The molecule has 0 aliphatic carbocycles. The minimum Gasteiger partial charge on any atom is -0.221 e. The Morgan fingerprint density at radius 3 is 2.43 bits per heavy atom. The first-order valence-electron chi connectivity index (χ1n) is 4.77. The Hall–Kier alpha value is -1.45. The Labute approximate surface area is 84.0 Å². The Bertz CT molecular complexity index is 417. The maximum atomic E-state index is 2.25. The Morgan fingerprint density at radius 2 is 2.00 bits per heavy atom. The first kappa shape index (κ1) is 9.12. The van der Waals surface area contributed by atoms with Gasteiger partial charge in [-0.1, -0.05) is 0 Å². The van der Waals surface area contributed by atoms with E-state index in [9.17, 15) is 0 Å². The van der Waals surface area contributed by atoms with Crippen molar-refractivity contribution in [3.8, 4) is 0 Å². The monoisotopic (exact) mass is 193 g/mol. The highest BCUT2D eigenvalue weighted by molar-refractivity contribution is 5.87. The van der Waals surface area contributed by atoms with Gasteiger partial charge in [0.15, 0.2) is 0 Å². The van der Waals surface area contributed by atoms with E-state index in [0.29, 0.717) is 0 Å². The van der Waals surface area contributed by atoms with Crippen LogP contribution in [0.4, 0.5) is 0 Å². The van der Waals surface area contributed by atoms with Crippen LogP contribution in [0.15, 0.2) is 12.4 Å². The van der Waals surface area contributed by atoms with Crippen molar-refractivity contribution in [3.05, 3.63) is 18.2 Å². The molecule has 0 amide bonds. The molecular weight excluding hydrogens is 176 g/mol. The van der Waals surface area contributed by atoms with Crippen LogP contribution < -0.4 is 4.57 Å². The Balaban J connectivity index is 2.60. The summed E-state index contributed by atoms with van der Waals surface area (Å²) in [5.74, 6) is 2.48. The predicted molar refractivity (Wildman–Crippen MR) is 54.0 cm³/mol. The second-order valence-electron chi connectivity index (χ2n) is 3.84. The molecule has 1 aliphatic heterocycles. The van der Waals surface area contributed by atoms with Gasteiger partial charge in [0.25, 0.3) is 0 Å². The number of imidazole rings is 1. The first-order chi connectivity index (χ1) is 6.61. The second kappa shape index (κ2) is 3.04. The molecular formula is C10H17N4+3. The van der Waals surface area contributed by atoms with Gasteiger partial charge >= 0.3 is 11.7 Å². The Morgan fingerprint density at radius 1 is 1.29 bits per heavy atom. The van der Waals surface area contributed by atoms with Crippen molar-refractivity contribution in [3.63, 3.8) is 0 Å². The number of rotatable bonds is 1. The molecule has 4 heteroatoms. The second-order valence-corrected chi connectivity index (χ2v) is 3.84. The Kier molecular flexibility index (Phi) is 1.98. The average Bonchev–Trinajstić information content (AvgIpc) is 2.60. The van der Waals surface area contributed by atoms with E-state index in [1.807, 2.05) is 0 Å². The molecule has 0 atom stereocenters. The molecule has 1 aromatic rings. The van der Waals surface area contributed by atoms with Crippen molar-refractivity contribution in [2.45, 2.75) is 0 Å². The molecule has 0 unspecified atom stereocenters. The van der Waals surface area contributed by atoms with E-state index in [0.717, 1.165) is 6.54 Å². The van der Waals surface area contributed by atoms with Gasteiger partial charge in [0.1, 0.15) is 26.5 Å². The summed E-state index contributed by atoms with van der Waals surface area (Å²) >= 11 is 0. The molecule has 1 aliphatic rings. The number of hydrogen-bond acceptors (Lipinski definition) is 0. The predicted octanol–water partition coefficient (Wildman–Crippen LogP) is -1.03. The average molecular weight is 193 g/mol. The highest BCUT2D eigenvalue weighted by Crippen LogP contribution is 1.98. The first-order valence-corrected chi connectivity index (χ1v) is 4.77. The van der Waals surface area contributed by atoms with E-state index in [1.165, 1.54) is 11.7 Å². The van der Waals surface area contributed by atoms with Crippen LogP contribution in [0.1, 0.15) is 5.82 Å². The van der Waals surface area contributed by atoms with Crippen LogP contribution in [0, 0.1) is 0 Å². The van der Waals surface area contributed by atoms with Crippen LogP contribution in [-0.4, -0.2) is 46.4 Å². The van der Waals surface area contributed by atoms with Gasteiger partial charge in [-0.3, -0.25) is 0 Å². The van der Waals surface area contributed by atoms with Gasteiger partial charge in [-0.25, -0.2) is 9.13 Å². The summed E-state index contributed by atoms with van der Waals surface area (Å²) in [6.45, 7) is 0.983. The third-order valence-corrected chi connectivity index (χ3v) is 2.71. The molecule has 2 heterocycles. The molecule has 0 aromatic carbocycles. The fourth-order valence-electron chi connectivity index (χ4n) is 1.92. The molecule has 0 bridgehead atoms. The van der Waals surface area contributed by atoms with Crippen LogP contribution in [0.25, 0.3) is 0 Å². The number of aromatic nitrogens is 2. The summed E-state index contributed by atoms with van der Waals surface area (Å²) in [7, 11) is 8.35. The van der Waals surface area contributed by atoms with Crippen molar-refractivity contribution >= 4 is 12.1 Å². The zero-order valence-electron chi connectivity index (χ0n) is 9.23. The summed E-state index contributed by atoms with van der Waals surface area (Å²) in [6.07, 6.45) is 6.33. The van der Waals surface area contributed by atoms with Crippen LogP contribution in [0.5, 0.6) is 0 Å². The smallest absolute Gasteiger partial charge is 0.221 e. The summed E-state index contributed by atoms with van der Waals surface area (Å²) in [5, 5.41) is 0. The van der Waals surface area contributed by atoms with E-state index >= 15 is 0 Å². The van der Waals surface area contributed by atoms with Gasteiger partial charge < -0.3 is 0 Å². The topological polar surface area (TPSA) is 14.8 Å². The fraction of sp³-hybridized carbons (Fsp3) is 0.500. The van der Waals surface area contributed by atoms with Crippen molar-refractivity contribution in [1.29, 1.82) is 0 Å². The molecule has 4 nitrogen and oxygen atoms in total. The maximum absolute atomic E-state index is 2.25. The summed E-state index contributed by atoms with van der Waals surface area (Å²) < 4.78 is 8.70. The van der Waals surface area contributed by atoms with Crippen LogP contribution >= 0.6 is 0 Å². The van der Waals surface area contributed by atoms with Gasteiger partial charge in [-0.2, -0.15) is 4.58 Å². The highest BCUT2D eigenvalue weighted by Gasteiger charge is 2.39. The molecule has 0 spiro atoms. The standard InChI is InChI=1S/C10H17N4/c1-11-5-6-12(2)9(11)10-13(3)7-8-14(10)4/h5-7H,8H2,1-4H3/q+3. The quantitative estimate of drug-likeness (QED) is 0.506. The molecule has 0 fully saturated rings. The van der Waals surface area contributed by atoms with E-state index in [2.05, 4.69) is 65.1 Å². The lowest BCUT2D eigenvalue weighted by atomic mass is 10.5. The van der Waals surface area contributed by atoms with Gasteiger partial charge in [0, 0.05) is 0 Å². The normalized spacial score (nSPS) is 16.4. The molecule has 74 valence electrons. The summed E-state index contributed by atoms with van der Waals surface area (Å²) in [6, 6.07) is 0. The van der Waals surface area contributed by atoms with Crippen LogP contribution in [-0.2, 0) is 14.1 Å². The zero-order valence-corrected chi connectivity index (χ0v) is 9.23. The molecule has 0 saturated carbocycles. The lowest BCUT2D eigenvalue weighted by Crippen LogP contribution is -2.40. The maximum Gasteiger partial charge on any atom is 0.529 e. The van der Waals surface area contributed by atoms with Gasteiger partial charge in [-0.15, -0.1) is 4.58 Å². The molecule has 1 aromatic heterocycles. The van der Waals surface area contributed by atoms with E-state index in [1.54, 1.807) is 0 Å². The van der Waals surface area contributed by atoms with Crippen molar-refractivity contribution in [2.24, 2.45) is 14.1 Å². The summed E-state index contributed by atoms with van der Waals surface area (Å²) in [5.41, 5.74) is 0. The van der Waals surface area contributed by atoms with Gasteiger partial charge in [-0.05, 0) is 0 Å². The minimum absolute atomic E-state index is 0.983. The largest absolute Gasteiger partial charge is 0.529 e. The minimum atomic E-state index is 0.983. The lowest BCUT2D eigenvalue weighted by Gasteiger charge is -1.92. The zero-order chi connectivity index (χ0) is 10.3. The molecule has 14 heavy (non-hydrogen) atoms. The number of aryl methyl sites for hydroxylation is 2. The van der Waals surface area contributed by atoms with Crippen molar-refractivity contribution < 1.29 is 13.7 Å². The van der Waals surface area contributed by atoms with Crippen molar-refractivity contribution in [1.82, 2.24) is 4.57 Å². The third-order valence-electron chi connectivity index (χ3n) is 2.71. The number of hydrogen-bond donors (Lipinski definition) is 0. The van der Waals surface area contributed by atoms with Gasteiger partial charge in [0.05, 0.1) is 14.1 Å². The molecule has 2 rings (SSSR count). The van der Waals surface area contributed by atoms with Gasteiger partial charge in [0.2, 0.25) is 12.8 Å². The van der Waals surface area contributed by atoms with Crippen LogP contribution in [0.3, 0.4) is 0 Å². The van der Waals surface area contributed by atoms with E-state index < -0.39 is 0 Å². The SMILES string of the molecule is Cn1cc[n+](C)c1C1=[N+](C)CC=[N+]1C. The third kappa shape index (κ3) is 1.18. The van der Waals surface area contributed by atoms with Crippen LogP contribution in [0.2, 0.25) is 0 Å². The molecule has 0 N–H and O–H groups in total. The van der Waals surface area contributed by atoms with E-state index in [4.69, 9.17) is 0 Å².